The molecule has 3 aromatic rings. The third-order valence-electron chi connectivity index (χ3n) is 9.37. The van der Waals surface area contributed by atoms with Crippen molar-refractivity contribution >= 4 is 29.4 Å². The van der Waals surface area contributed by atoms with Crippen LogP contribution >= 0.6 is 11.6 Å². The van der Waals surface area contributed by atoms with Crippen molar-refractivity contribution in [3.63, 3.8) is 0 Å². The fourth-order valence-electron chi connectivity index (χ4n) is 6.84. The number of fused-ring (bicyclic) bond motifs is 1. The zero-order valence-corrected chi connectivity index (χ0v) is 25.5. The highest BCUT2D eigenvalue weighted by Crippen LogP contribution is 2.41. The fourth-order valence-corrected chi connectivity index (χ4v) is 7.15. The van der Waals surface area contributed by atoms with Crippen LogP contribution in [0.15, 0.2) is 48.8 Å². The van der Waals surface area contributed by atoms with Crippen LogP contribution in [0.3, 0.4) is 0 Å². The van der Waals surface area contributed by atoms with Gasteiger partial charge in [-0.25, -0.2) is 9.97 Å². The van der Waals surface area contributed by atoms with E-state index >= 15 is 0 Å². The van der Waals surface area contributed by atoms with Gasteiger partial charge in [0.1, 0.15) is 0 Å². The topological polar surface area (TPSA) is 81.7 Å². The zero-order valence-electron chi connectivity index (χ0n) is 24.7. The van der Waals surface area contributed by atoms with Gasteiger partial charge in [0, 0.05) is 57.3 Å². The van der Waals surface area contributed by atoms with E-state index in [-0.39, 0.29) is 23.3 Å². The number of nitrogens with one attached hydrogen (secondary N) is 1. The first kappa shape index (κ1) is 28.6. The highest BCUT2D eigenvalue weighted by atomic mass is 35.5. The summed E-state index contributed by atoms with van der Waals surface area (Å²) in [4.78, 5) is 42.1. The van der Waals surface area contributed by atoms with E-state index in [1.165, 1.54) is 5.56 Å². The van der Waals surface area contributed by atoms with Crippen molar-refractivity contribution in [2.75, 3.05) is 45.2 Å². The molecule has 1 aliphatic carbocycles. The molecule has 3 heterocycles. The molecule has 2 fully saturated rings. The Bertz CT molecular complexity index is 1460. The number of hydrogen-bond donors (Lipinski definition) is 1. The van der Waals surface area contributed by atoms with Gasteiger partial charge in [-0.05, 0) is 92.4 Å². The molecule has 0 bridgehead atoms. The summed E-state index contributed by atoms with van der Waals surface area (Å²) in [6.45, 7) is 6.39. The third-order valence-corrected chi connectivity index (χ3v) is 9.68. The number of aromatic nitrogens is 2. The van der Waals surface area contributed by atoms with E-state index in [1.807, 2.05) is 67.5 Å². The number of amides is 2. The number of carbonyl (C=O) groups is 2. The van der Waals surface area contributed by atoms with Gasteiger partial charge in [0.15, 0.2) is 0 Å². The second-order valence-electron chi connectivity index (χ2n) is 12.4. The molecule has 0 radical (unpaired) electrons. The monoisotopic (exact) mass is 586 g/mol. The minimum absolute atomic E-state index is 0.0918. The lowest BCUT2D eigenvalue weighted by molar-refractivity contribution is 0.0713. The molecule has 1 N–H and O–H groups in total. The number of piperidine rings is 1. The summed E-state index contributed by atoms with van der Waals surface area (Å²) < 4.78 is 0. The molecule has 1 atom stereocenters. The van der Waals surface area contributed by atoms with Crippen LogP contribution in [0.2, 0.25) is 5.02 Å². The first-order valence-corrected chi connectivity index (χ1v) is 15.3. The number of anilines is 1. The average Bonchev–Trinajstić information content (AvgIpc) is 3.58. The second kappa shape index (κ2) is 11.7. The molecule has 2 amide bonds. The summed E-state index contributed by atoms with van der Waals surface area (Å²) in [5.74, 6) is 0.649. The minimum atomic E-state index is -0.168. The summed E-state index contributed by atoms with van der Waals surface area (Å²) in [6.07, 6.45) is 8.78. The molecule has 9 heteroatoms. The van der Waals surface area contributed by atoms with E-state index in [9.17, 15) is 9.59 Å². The van der Waals surface area contributed by atoms with E-state index in [2.05, 4.69) is 26.3 Å². The number of rotatable bonds is 6. The van der Waals surface area contributed by atoms with Gasteiger partial charge >= 0.3 is 0 Å². The Balaban J connectivity index is 1.07. The molecule has 1 unspecified atom stereocenters. The van der Waals surface area contributed by atoms with Gasteiger partial charge in [-0.15, -0.1) is 0 Å². The number of benzene rings is 2. The smallest absolute Gasteiger partial charge is 0.253 e. The van der Waals surface area contributed by atoms with Crippen molar-refractivity contribution in [3.8, 4) is 0 Å². The minimum Gasteiger partial charge on any atom is -0.347 e. The SMILES string of the molecule is Cc1cccc(Cl)c1C(=O)NC1CCc2ccc(C(=O)N3CCC4(CCN(Cc5cnc(N(C)C)nc5)CC4)C3)cc21. The number of hydrogen-bond acceptors (Lipinski definition) is 6. The molecule has 3 aliphatic rings. The molecule has 1 aromatic heterocycles. The average molecular weight is 587 g/mol. The van der Waals surface area contributed by atoms with E-state index in [0.29, 0.717) is 16.1 Å². The Morgan fingerprint density at radius 3 is 2.52 bits per heavy atom. The Hall–Kier alpha value is -3.49. The van der Waals surface area contributed by atoms with Crippen LogP contribution in [0.25, 0.3) is 0 Å². The largest absolute Gasteiger partial charge is 0.347 e. The standard InChI is InChI=1S/C33H39ClN6O2/c1-22-5-4-6-27(34)29(22)30(41)37-28-10-9-24-7-8-25(17-26(24)28)31(42)40-16-13-33(21-40)11-14-39(15-12-33)20-23-18-35-32(36-19-23)38(2)3/h4-8,17-19,28H,9-16,20-21H2,1-3H3,(H,37,41). The lowest BCUT2D eigenvalue weighted by atomic mass is 9.77. The van der Waals surface area contributed by atoms with Crippen LogP contribution in [0.4, 0.5) is 5.95 Å². The van der Waals surface area contributed by atoms with E-state index in [0.717, 1.165) is 87.5 Å². The maximum Gasteiger partial charge on any atom is 0.253 e. The van der Waals surface area contributed by atoms with Crippen molar-refractivity contribution in [1.82, 2.24) is 25.1 Å². The second-order valence-corrected chi connectivity index (χ2v) is 12.9. The molecule has 42 heavy (non-hydrogen) atoms. The Morgan fingerprint density at radius 1 is 1.07 bits per heavy atom. The van der Waals surface area contributed by atoms with Gasteiger partial charge in [-0.3, -0.25) is 14.5 Å². The van der Waals surface area contributed by atoms with Gasteiger partial charge in [0.2, 0.25) is 5.95 Å². The Labute approximate surface area is 253 Å². The zero-order chi connectivity index (χ0) is 29.4. The van der Waals surface area contributed by atoms with Crippen LogP contribution in [0.1, 0.15) is 74.7 Å². The highest BCUT2D eigenvalue weighted by Gasteiger charge is 2.42. The van der Waals surface area contributed by atoms with Crippen LogP contribution in [0, 0.1) is 12.3 Å². The van der Waals surface area contributed by atoms with E-state index in [1.54, 1.807) is 6.07 Å². The van der Waals surface area contributed by atoms with E-state index < -0.39 is 0 Å². The molecule has 8 nitrogen and oxygen atoms in total. The van der Waals surface area contributed by atoms with Crippen molar-refractivity contribution in [1.29, 1.82) is 0 Å². The summed E-state index contributed by atoms with van der Waals surface area (Å²) in [5, 5.41) is 3.64. The first-order valence-electron chi connectivity index (χ1n) is 14.9. The van der Waals surface area contributed by atoms with Gasteiger partial charge in [-0.1, -0.05) is 29.8 Å². The molecule has 2 saturated heterocycles. The maximum absolute atomic E-state index is 13.7. The predicted molar refractivity (Wildman–Crippen MR) is 165 cm³/mol. The van der Waals surface area contributed by atoms with Crippen LogP contribution in [-0.4, -0.2) is 71.9 Å². The van der Waals surface area contributed by atoms with Gasteiger partial charge in [0.25, 0.3) is 11.8 Å². The van der Waals surface area contributed by atoms with Gasteiger partial charge in [-0.2, -0.15) is 0 Å². The molecule has 2 aliphatic heterocycles. The van der Waals surface area contributed by atoms with Crippen LogP contribution in [-0.2, 0) is 13.0 Å². The predicted octanol–water partition coefficient (Wildman–Crippen LogP) is 5.05. The van der Waals surface area contributed by atoms with Crippen molar-refractivity contribution in [2.24, 2.45) is 5.41 Å². The van der Waals surface area contributed by atoms with Gasteiger partial charge < -0.3 is 15.1 Å². The quantitative estimate of drug-likeness (QED) is 0.435. The Morgan fingerprint density at radius 2 is 1.81 bits per heavy atom. The Kier molecular flexibility index (Phi) is 7.94. The van der Waals surface area contributed by atoms with Crippen molar-refractivity contribution < 1.29 is 9.59 Å². The van der Waals surface area contributed by atoms with Crippen LogP contribution in [0.5, 0.6) is 0 Å². The number of halogens is 1. The number of carbonyl (C=O) groups excluding carboxylic acids is 2. The normalized spacial score (nSPS) is 19.6. The van der Waals surface area contributed by atoms with Crippen LogP contribution < -0.4 is 10.2 Å². The molecule has 0 saturated carbocycles. The third kappa shape index (κ3) is 5.75. The first-order chi connectivity index (χ1) is 20.2. The molecular formula is C33H39ClN6O2. The molecule has 220 valence electrons. The number of likely N-dealkylation sites (tertiary alicyclic amines) is 2. The summed E-state index contributed by atoms with van der Waals surface area (Å²) >= 11 is 6.35. The number of nitrogens with zero attached hydrogens (tertiary/aromatic N) is 5. The summed E-state index contributed by atoms with van der Waals surface area (Å²) in [7, 11) is 3.89. The van der Waals surface area contributed by atoms with Gasteiger partial charge in [0.05, 0.1) is 16.6 Å². The van der Waals surface area contributed by atoms with Crippen molar-refractivity contribution in [3.05, 3.63) is 87.2 Å². The lowest BCUT2D eigenvalue weighted by Gasteiger charge is -2.39. The molecular weight excluding hydrogens is 548 g/mol. The highest BCUT2D eigenvalue weighted by molar-refractivity contribution is 6.34. The maximum atomic E-state index is 13.7. The lowest BCUT2D eigenvalue weighted by Crippen LogP contribution is -2.42. The number of aryl methyl sites for hydroxylation is 2. The van der Waals surface area contributed by atoms with Crippen molar-refractivity contribution in [2.45, 2.75) is 51.6 Å². The summed E-state index contributed by atoms with van der Waals surface area (Å²) in [5.41, 5.74) is 5.64. The fraction of sp³-hybridized carbons (Fsp3) is 0.455. The van der Waals surface area contributed by atoms with E-state index in [4.69, 9.17) is 11.6 Å². The summed E-state index contributed by atoms with van der Waals surface area (Å²) in [6, 6.07) is 11.4. The molecule has 6 rings (SSSR count). The molecule has 1 spiro atoms. The molecule has 2 aromatic carbocycles.